The van der Waals surface area contributed by atoms with Gasteiger partial charge in [0, 0.05) is 6.42 Å². The lowest BCUT2D eigenvalue weighted by Gasteiger charge is -2.19. The quantitative estimate of drug-likeness (QED) is 0.693. The first-order valence-electron chi connectivity index (χ1n) is 5.25. The highest BCUT2D eigenvalue weighted by Gasteiger charge is 2.25. The Morgan fingerprint density at radius 2 is 1.80 bits per heavy atom. The van der Waals surface area contributed by atoms with Crippen molar-refractivity contribution in [3.63, 3.8) is 0 Å². The van der Waals surface area contributed by atoms with Gasteiger partial charge >= 0.3 is 0 Å². The summed E-state index contributed by atoms with van der Waals surface area (Å²) < 4.78 is 4.37. The van der Waals surface area contributed by atoms with E-state index in [1.54, 1.807) is 0 Å². The zero-order valence-electron chi connectivity index (χ0n) is 9.27. The molecule has 0 bridgehead atoms. The average Bonchev–Trinajstić information content (AvgIpc) is 2.88. The van der Waals surface area contributed by atoms with E-state index in [2.05, 4.69) is 45.3 Å². The Hall–Kier alpha value is -1.58. The molecule has 0 aliphatic carbocycles. The summed E-state index contributed by atoms with van der Waals surface area (Å²) in [6.07, 6.45) is 13.1. The van der Waals surface area contributed by atoms with Crippen molar-refractivity contribution in [1.82, 2.24) is 9.97 Å². The molecular weight excluding hydrogens is 188 g/mol. The number of aryl methyl sites for hydroxylation is 1. The fourth-order valence-corrected chi connectivity index (χ4v) is 1.66. The van der Waals surface area contributed by atoms with Crippen LogP contribution in [0.2, 0.25) is 0 Å². The predicted octanol–water partition coefficient (Wildman–Crippen LogP) is 0.743. The van der Waals surface area contributed by atoms with Crippen LogP contribution in [0.1, 0.15) is 20.3 Å². The number of imidazole rings is 2. The van der Waals surface area contributed by atoms with E-state index in [4.69, 9.17) is 0 Å². The Kier molecular flexibility index (Phi) is 2.58. The molecule has 0 amide bonds. The molecule has 2 aromatic heterocycles. The number of aromatic nitrogens is 4. The van der Waals surface area contributed by atoms with E-state index in [-0.39, 0.29) is 5.54 Å². The van der Waals surface area contributed by atoms with E-state index in [9.17, 15) is 0 Å². The Labute approximate surface area is 89.6 Å². The molecule has 2 N–H and O–H groups in total. The maximum absolute atomic E-state index is 3.08. The van der Waals surface area contributed by atoms with Gasteiger partial charge in [-0.2, -0.15) is 0 Å². The number of nitrogens with one attached hydrogen (secondary N) is 2. The van der Waals surface area contributed by atoms with Crippen molar-refractivity contribution in [2.75, 3.05) is 0 Å². The molecule has 0 atom stereocenters. The van der Waals surface area contributed by atoms with Crippen LogP contribution in [0.5, 0.6) is 0 Å². The number of hydrogen-bond acceptors (Lipinski definition) is 0. The first-order chi connectivity index (χ1) is 7.18. The van der Waals surface area contributed by atoms with Crippen LogP contribution in [0.25, 0.3) is 0 Å². The maximum Gasteiger partial charge on any atom is 0.241 e. The van der Waals surface area contributed by atoms with Gasteiger partial charge in [-0.3, -0.25) is 9.97 Å². The molecule has 80 valence electrons. The van der Waals surface area contributed by atoms with Crippen molar-refractivity contribution in [3.05, 3.63) is 37.4 Å². The third-order valence-corrected chi connectivity index (χ3v) is 2.83. The Balaban J connectivity index is 1.99. The highest BCUT2D eigenvalue weighted by atomic mass is 15.1. The molecular formula is C11H18N4+2. The van der Waals surface area contributed by atoms with E-state index in [1.807, 2.05) is 25.0 Å². The summed E-state index contributed by atoms with van der Waals surface area (Å²) in [5.41, 5.74) is 0.143. The molecule has 0 saturated carbocycles. The molecule has 0 saturated heterocycles. The van der Waals surface area contributed by atoms with Gasteiger partial charge in [0.25, 0.3) is 0 Å². The Morgan fingerprint density at radius 1 is 1.07 bits per heavy atom. The van der Waals surface area contributed by atoms with Gasteiger partial charge in [0.05, 0.1) is 6.54 Å². The van der Waals surface area contributed by atoms with Crippen LogP contribution in [0.15, 0.2) is 37.4 Å². The zero-order valence-corrected chi connectivity index (χ0v) is 9.27. The smallest absolute Gasteiger partial charge is 0.241 e. The summed E-state index contributed by atoms with van der Waals surface area (Å²) in [4.78, 5) is 6.13. The zero-order chi connectivity index (χ0) is 10.7. The molecule has 15 heavy (non-hydrogen) atoms. The van der Waals surface area contributed by atoms with Gasteiger partial charge in [0.2, 0.25) is 12.7 Å². The van der Waals surface area contributed by atoms with E-state index in [1.165, 1.54) is 0 Å². The fourth-order valence-electron chi connectivity index (χ4n) is 1.66. The standard InChI is InChI=1S/C11H16N4/c1-11(2,15-8-5-13-10-15)3-6-14-7-4-12-9-14/h4-5,7-10H,3,6H2,1-2H3/p+2. The first kappa shape index (κ1) is 9.96. The predicted molar refractivity (Wildman–Crippen MR) is 55.9 cm³/mol. The minimum Gasteiger partial charge on any atom is -0.250 e. The first-order valence-corrected chi connectivity index (χ1v) is 5.25. The van der Waals surface area contributed by atoms with Crippen molar-refractivity contribution in [2.45, 2.75) is 32.4 Å². The minimum absolute atomic E-state index is 0.143. The molecule has 4 heteroatoms. The Bertz CT molecular complexity index is 386. The largest absolute Gasteiger partial charge is 0.250 e. The lowest BCUT2D eigenvalue weighted by molar-refractivity contribution is -0.772. The molecule has 0 spiro atoms. The lowest BCUT2D eigenvalue weighted by atomic mass is 10.0. The number of nitrogens with zero attached hydrogens (tertiary/aromatic N) is 2. The second-order valence-electron chi connectivity index (χ2n) is 4.43. The van der Waals surface area contributed by atoms with Gasteiger partial charge in [0.1, 0.15) is 30.3 Å². The average molecular weight is 206 g/mol. The van der Waals surface area contributed by atoms with Gasteiger partial charge in [-0.1, -0.05) is 0 Å². The third-order valence-electron chi connectivity index (χ3n) is 2.83. The van der Waals surface area contributed by atoms with E-state index in [0.29, 0.717) is 0 Å². The van der Waals surface area contributed by atoms with Crippen LogP contribution in [0, 0.1) is 0 Å². The van der Waals surface area contributed by atoms with E-state index >= 15 is 0 Å². The van der Waals surface area contributed by atoms with Gasteiger partial charge in [-0.05, 0) is 13.8 Å². The number of aromatic amines is 2. The van der Waals surface area contributed by atoms with Crippen LogP contribution in [0.4, 0.5) is 0 Å². The lowest BCUT2D eigenvalue weighted by Crippen LogP contribution is -2.52. The van der Waals surface area contributed by atoms with Crippen molar-refractivity contribution >= 4 is 0 Å². The van der Waals surface area contributed by atoms with Gasteiger partial charge in [0.15, 0.2) is 0 Å². The van der Waals surface area contributed by atoms with Crippen LogP contribution in [-0.2, 0) is 12.1 Å². The molecule has 0 radical (unpaired) electrons. The van der Waals surface area contributed by atoms with Crippen LogP contribution >= 0.6 is 0 Å². The molecule has 0 aromatic carbocycles. The normalized spacial score (nSPS) is 11.9. The summed E-state index contributed by atoms with van der Waals surface area (Å²) >= 11 is 0. The third kappa shape index (κ3) is 2.26. The molecule has 0 aliphatic rings. The van der Waals surface area contributed by atoms with Crippen LogP contribution in [0.3, 0.4) is 0 Å². The molecule has 0 unspecified atom stereocenters. The summed E-state index contributed by atoms with van der Waals surface area (Å²) in [6.45, 7) is 5.51. The summed E-state index contributed by atoms with van der Waals surface area (Å²) in [5.74, 6) is 0. The summed E-state index contributed by atoms with van der Waals surface area (Å²) in [5, 5.41) is 0. The highest BCUT2D eigenvalue weighted by molar-refractivity contribution is 4.64. The number of hydrogen-bond donors (Lipinski definition) is 2. The molecule has 0 aliphatic heterocycles. The summed E-state index contributed by atoms with van der Waals surface area (Å²) in [6, 6.07) is 0. The Morgan fingerprint density at radius 3 is 2.40 bits per heavy atom. The van der Waals surface area contributed by atoms with E-state index in [0.717, 1.165) is 13.0 Å². The van der Waals surface area contributed by atoms with Crippen molar-refractivity contribution in [3.8, 4) is 0 Å². The molecule has 2 aromatic rings. The molecule has 2 heterocycles. The second kappa shape index (κ2) is 3.88. The number of H-pyrrole nitrogens is 2. The molecule has 2 rings (SSSR count). The maximum atomic E-state index is 3.08. The van der Waals surface area contributed by atoms with Crippen molar-refractivity contribution < 1.29 is 9.13 Å². The monoisotopic (exact) mass is 206 g/mol. The molecule has 4 nitrogen and oxygen atoms in total. The SMILES string of the molecule is CC(C)(CC[n+]1cc[nH]c1)[n+]1cc[nH]c1. The van der Waals surface area contributed by atoms with Crippen molar-refractivity contribution in [1.29, 1.82) is 0 Å². The fraction of sp³-hybridized carbons (Fsp3) is 0.455. The highest BCUT2D eigenvalue weighted by Crippen LogP contribution is 2.10. The minimum atomic E-state index is 0.143. The molecule has 0 fully saturated rings. The van der Waals surface area contributed by atoms with E-state index < -0.39 is 0 Å². The van der Waals surface area contributed by atoms with Crippen LogP contribution < -0.4 is 9.13 Å². The van der Waals surface area contributed by atoms with Gasteiger partial charge in [-0.25, -0.2) is 9.13 Å². The van der Waals surface area contributed by atoms with Gasteiger partial charge in [-0.15, -0.1) is 0 Å². The topological polar surface area (TPSA) is 39.3 Å². The van der Waals surface area contributed by atoms with Gasteiger partial charge < -0.3 is 0 Å². The summed E-state index contributed by atoms with van der Waals surface area (Å²) in [7, 11) is 0. The van der Waals surface area contributed by atoms with Crippen molar-refractivity contribution in [2.24, 2.45) is 0 Å². The van der Waals surface area contributed by atoms with Crippen LogP contribution in [-0.4, -0.2) is 9.97 Å². The number of rotatable bonds is 4. The second-order valence-corrected chi connectivity index (χ2v) is 4.43.